The number of rotatable bonds is 3. The Bertz CT molecular complexity index is 814. The summed E-state index contributed by atoms with van der Waals surface area (Å²) in [6.45, 7) is 4.11. The quantitative estimate of drug-likeness (QED) is 0.674. The van der Waals surface area contributed by atoms with Crippen LogP contribution in [0.15, 0.2) is 24.3 Å². The molecule has 0 atom stereocenters. The third-order valence-electron chi connectivity index (χ3n) is 3.06. The number of nitrogens with zero attached hydrogens (tertiary/aromatic N) is 2. The van der Waals surface area contributed by atoms with Crippen LogP contribution in [0.3, 0.4) is 0 Å². The van der Waals surface area contributed by atoms with Crippen LogP contribution >= 0.6 is 34.5 Å². The molecule has 1 aromatic carbocycles. The van der Waals surface area contributed by atoms with Gasteiger partial charge in [-0.1, -0.05) is 30.1 Å². The van der Waals surface area contributed by atoms with Crippen LogP contribution in [0.4, 0.5) is 11.5 Å². The number of halogens is 2. The fraction of sp³-hybridized carbons (Fsp3) is 0.200. The van der Waals surface area contributed by atoms with E-state index < -0.39 is 0 Å². The molecule has 0 aliphatic heterocycles. The SMILES string of the molecule is CCc1nc(Nc2ccc(Cl)cc2Cl)c2cc(C)sc2n1. The first kappa shape index (κ1) is 14.6. The molecule has 2 aromatic heterocycles. The maximum Gasteiger partial charge on any atom is 0.142 e. The predicted molar refractivity (Wildman–Crippen MR) is 91.3 cm³/mol. The first-order chi connectivity index (χ1) is 10.1. The molecule has 3 nitrogen and oxygen atoms in total. The summed E-state index contributed by atoms with van der Waals surface area (Å²) in [6, 6.07) is 7.45. The summed E-state index contributed by atoms with van der Waals surface area (Å²) in [5, 5.41) is 5.49. The number of benzene rings is 1. The maximum atomic E-state index is 6.22. The summed E-state index contributed by atoms with van der Waals surface area (Å²) in [5.41, 5.74) is 0.784. The van der Waals surface area contributed by atoms with Gasteiger partial charge in [0.25, 0.3) is 0 Å². The fourth-order valence-electron chi connectivity index (χ4n) is 2.06. The van der Waals surface area contributed by atoms with Crippen LogP contribution in [0.2, 0.25) is 10.0 Å². The van der Waals surface area contributed by atoms with Crippen molar-refractivity contribution in [1.29, 1.82) is 0 Å². The largest absolute Gasteiger partial charge is 0.338 e. The van der Waals surface area contributed by atoms with Gasteiger partial charge in [-0.25, -0.2) is 9.97 Å². The van der Waals surface area contributed by atoms with Gasteiger partial charge in [-0.05, 0) is 31.2 Å². The van der Waals surface area contributed by atoms with E-state index in [0.29, 0.717) is 10.0 Å². The molecular formula is C15H13Cl2N3S. The number of thiophene rings is 1. The molecule has 3 rings (SSSR count). The van der Waals surface area contributed by atoms with Crippen LogP contribution in [0.25, 0.3) is 10.2 Å². The molecule has 6 heteroatoms. The van der Waals surface area contributed by atoms with E-state index >= 15 is 0 Å². The minimum absolute atomic E-state index is 0.569. The van der Waals surface area contributed by atoms with Crippen LogP contribution < -0.4 is 5.32 Å². The zero-order valence-electron chi connectivity index (χ0n) is 11.6. The minimum atomic E-state index is 0.569. The van der Waals surface area contributed by atoms with Crippen LogP contribution in [0, 0.1) is 6.92 Å². The van der Waals surface area contributed by atoms with Gasteiger partial charge in [0, 0.05) is 16.3 Å². The highest BCUT2D eigenvalue weighted by atomic mass is 35.5. The third-order valence-corrected chi connectivity index (χ3v) is 4.55. The average molecular weight is 338 g/mol. The van der Waals surface area contributed by atoms with E-state index in [2.05, 4.69) is 28.3 Å². The van der Waals surface area contributed by atoms with Crippen molar-refractivity contribution >= 4 is 56.3 Å². The van der Waals surface area contributed by atoms with Crippen molar-refractivity contribution in [2.75, 3.05) is 5.32 Å². The van der Waals surface area contributed by atoms with E-state index in [1.54, 1.807) is 23.5 Å². The smallest absolute Gasteiger partial charge is 0.142 e. The zero-order valence-corrected chi connectivity index (χ0v) is 13.9. The predicted octanol–water partition coefficient (Wildman–Crippen LogP) is 5.61. The molecule has 0 radical (unpaired) electrons. The molecule has 0 amide bonds. The molecule has 2 heterocycles. The molecule has 0 fully saturated rings. The Labute approximate surface area is 137 Å². The Morgan fingerprint density at radius 3 is 2.71 bits per heavy atom. The molecule has 0 saturated carbocycles. The number of nitrogens with one attached hydrogen (secondary N) is 1. The van der Waals surface area contributed by atoms with Gasteiger partial charge in [-0.3, -0.25) is 0 Å². The van der Waals surface area contributed by atoms with Crippen LogP contribution in [0.1, 0.15) is 17.6 Å². The molecule has 0 saturated heterocycles. The molecule has 1 N–H and O–H groups in total. The minimum Gasteiger partial charge on any atom is -0.338 e. The Hall–Kier alpha value is -1.36. The average Bonchev–Trinajstić information content (AvgIpc) is 2.82. The fourth-order valence-corrected chi connectivity index (χ4v) is 3.41. The summed E-state index contributed by atoms with van der Waals surface area (Å²) in [5.74, 6) is 1.60. The monoisotopic (exact) mass is 337 g/mol. The van der Waals surface area contributed by atoms with Crippen LogP contribution in [0.5, 0.6) is 0 Å². The van der Waals surface area contributed by atoms with Crippen molar-refractivity contribution in [1.82, 2.24) is 9.97 Å². The van der Waals surface area contributed by atoms with E-state index in [0.717, 1.165) is 34.0 Å². The van der Waals surface area contributed by atoms with Crippen molar-refractivity contribution in [3.63, 3.8) is 0 Å². The van der Waals surface area contributed by atoms with Crippen LogP contribution in [-0.2, 0) is 6.42 Å². The van der Waals surface area contributed by atoms with E-state index in [4.69, 9.17) is 23.2 Å². The lowest BCUT2D eigenvalue weighted by molar-refractivity contribution is 0.967. The van der Waals surface area contributed by atoms with E-state index in [1.807, 2.05) is 13.0 Å². The van der Waals surface area contributed by atoms with E-state index in [1.165, 1.54) is 4.88 Å². The highest BCUT2D eigenvalue weighted by Gasteiger charge is 2.11. The van der Waals surface area contributed by atoms with Crippen molar-refractivity contribution in [2.45, 2.75) is 20.3 Å². The lowest BCUT2D eigenvalue weighted by atomic mass is 10.3. The summed E-state index contributed by atoms with van der Waals surface area (Å²) < 4.78 is 0. The van der Waals surface area contributed by atoms with Gasteiger partial charge in [0.15, 0.2) is 0 Å². The van der Waals surface area contributed by atoms with Gasteiger partial charge in [-0.15, -0.1) is 11.3 Å². The second-order valence-electron chi connectivity index (χ2n) is 4.67. The molecule has 108 valence electrons. The van der Waals surface area contributed by atoms with Gasteiger partial charge in [0.1, 0.15) is 16.5 Å². The van der Waals surface area contributed by atoms with E-state index in [9.17, 15) is 0 Å². The number of fused-ring (bicyclic) bond motifs is 1. The van der Waals surface area contributed by atoms with Gasteiger partial charge < -0.3 is 5.32 Å². The molecule has 0 aliphatic carbocycles. The number of hydrogen-bond acceptors (Lipinski definition) is 4. The molecule has 0 aliphatic rings. The van der Waals surface area contributed by atoms with Crippen LogP contribution in [-0.4, -0.2) is 9.97 Å². The normalized spacial score (nSPS) is 11.0. The highest BCUT2D eigenvalue weighted by molar-refractivity contribution is 7.18. The van der Waals surface area contributed by atoms with E-state index in [-0.39, 0.29) is 0 Å². The summed E-state index contributed by atoms with van der Waals surface area (Å²) >= 11 is 13.8. The van der Waals surface area contributed by atoms with Gasteiger partial charge in [0.05, 0.1) is 16.1 Å². The second-order valence-corrected chi connectivity index (χ2v) is 6.75. The third kappa shape index (κ3) is 2.98. The lowest BCUT2D eigenvalue weighted by Gasteiger charge is -2.10. The topological polar surface area (TPSA) is 37.8 Å². The second kappa shape index (κ2) is 5.79. The van der Waals surface area contributed by atoms with Crippen molar-refractivity contribution in [3.05, 3.63) is 45.0 Å². The number of aryl methyl sites for hydroxylation is 2. The molecule has 0 bridgehead atoms. The van der Waals surface area contributed by atoms with Gasteiger partial charge >= 0.3 is 0 Å². The summed E-state index contributed by atoms with van der Waals surface area (Å²) in [7, 11) is 0. The molecule has 3 aromatic rings. The molecule has 0 spiro atoms. The number of aromatic nitrogens is 2. The first-order valence-corrected chi connectivity index (χ1v) is 8.13. The number of anilines is 2. The van der Waals surface area contributed by atoms with Gasteiger partial charge in [-0.2, -0.15) is 0 Å². The van der Waals surface area contributed by atoms with Crippen molar-refractivity contribution in [3.8, 4) is 0 Å². The van der Waals surface area contributed by atoms with Gasteiger partial charge in [0.2, 0.25) is 0 Å². The Morgan fingerprint density at radius 1 is 1.19 bits per heavy atom. The number of hydrogen-bond donors (Lipinski definition) is 1. The first-order valence-electron chi connectivity index (χ1n) is 6.56. The Balaban J connectivity index is 2.10. The lowest BCUT2D eigenvalue weighted by Crippen LogP contribution is -2.00. The Kier molecular flexibility index (Phi) is 4.02. The highest BCUT2D eigenvalue weighted by Crippen LogP contribution is 2.33. The standard InChI is InChI=1S/C15H13Cl2N3S/c1-3-13-19-14(10-6-8(2)21-15(10)20-13)18-12-5-4-9(16)7-11(12)17/h4-7H,3H2,1-2H3,(H,18,19,20). The Morgan fingerprint density at radius 2 is 2.00 bits per heavy atom. The van der Waals surface area contributed by atoms with Crippen molar-refractivity contribution in [2.24, 2.45) is 0 Å². The summed E-state index contributed by atoms with van der Waals surface area (Å²) in [4.78, 5) is 11.3. The molecule has 0 unspecified atom stereocenters. The zero-order chi connectivity index (χ0) is 15.0. The maximum absolute atomic E-state index is 6.22. The molecular weight excluding hydrogens is 325 g/mol. The molecule has 21 heavy (non-hydrogen) atoms. The summed E-state index contributed by atoms with van der Waals surface area (Å²) in [6.07, 6.45) is 0.788. The van der Waals surface area contributed by atoms with Crippen molar-refractivity contribution < 1.29 is 0 Å².